The average molecular weight is 492 g/mol. The predicted molar refractivity (Wildman–Crippen MR) is 140 cm³/mol. The second-order valence-corrected chi connectivity index (χ2v) is 8.53. The smallest absolute Gasteiger partial charge is 0.339 e. The number of fused-ring (bicyclic) bond motifs is 1. The van der Waals surface area contributed by atoms with Crippen molar-refractivity contribution >= 4 is 40.2 Å². The molecule has 0 radical (unpaired) electrons. The highest BCUT2D eigenvalue weighted by Gasteiger charge is 2.20. The summed E-state index contributed by atoms with van der Waals surface area (Å²) in [6.07, 6.45) is 4.66. The molecule has 0 bridgehead atoms. The summed E-state index contributed by atoms with van der Waals surface area (Å²) in [6, 6.07) is 14.4. The van der Waals surface area contributed by atoms with Crippen molar-refractivity contribution in [1.82, 2.24) is 24.0 Å². The normalized spacial score (nSPS) is 11.6. The second-order valence-electron chi connectivity index (χ2n) is 8.27. The number of hydrogen-bond donors (Lipinski definition) is 1. The Hall–Kier alpha value is -3.95. The van der Waals surface area contributed by atoms with Gasteiger partial charge in [-0.25, -0.2) is 19.3 Å². The predicted octanol–water partition coefficient (Wildman–Crippen LogP) is 2.97. The molecule has 0 saturated heterocycles. The van der Waals surface area contributed by atoms with E-state index in [-0.39, 0.29) is 17.4 Å². The molecule has 0 aliphatic carbocycles. The molecular formula is C25H26ClN7O2. The Morgan fingerprint density at radius 3 is 2.49 bits per heavy atom. The van der Waals surface area contributed by atoms with Crippen LogP contribution in [0.1, 0.15) is 5.56 Å². The first-order valence-corrected chi connectivity index (χ1v) is 11.4. The quantitative estimate of drug-likeness (QED) is 0.315. The van der Waals surface area contributed by atoms with Crippen LogP contribution in [0.15, 0.2) is 71.8 Å². The zero-order valence-electron chi connectivity index (χ0n) is 19.7. The Labute approximate surface area is 207 Å². The molecule has 4 rings (SSSR count). The van der Waals surface area contributed by atoms with Crippen LogP contribution in [-0.2, 0) is 10.7 Å². The van der Waals surface area contributed by atoms with E-state index in [9.17, 15) is 9.59 Å². The van der Waals surface area contributed by atoms with Gasteiger partial charge in [0.15, 0.2) is 11.5 Å². The largest absolute Gasteiger partial charge is 0.382 e. The lowest BCUT2D eigenvalue weighted by atomic mass is 10.2. The Balaban J connectivity index is 1.82. The molecule has 2 aromatic heterocycles. The van der Waals surface area contributed by atoms with Gasteiger partial charge in [-0.2, -0.15) is 0 Å². The van der Waals surface area contributed by atoms with E-state index >= 15 is 0 Å². The van der Waals surface area contributed by atoms with Crippen molar-refractivity contribution in [2.45, 2.75) is 5.88 Å². The molecule has 2 N–H and O–H groups in total. The molecule has 1 amide bonds. The lowest BCUT2D eigenvalue weighted by molar-refractivity contribution is -0.113. The van der Waals surface area contributed by atoms with Gasteiger partial charge in [-0.05, 0) is 50.0 Å². The maximum atomic E-state index is 13.7. The molecule has 0 unspecified atom stereocenters. The lowest BCUT2D eigenvalue weighted by Gasteiger charge is -2.16. The highest BCUT2D eigenvalue weighted by Crippen LogP contribution is 2.25. The number of nitrogen functional groups attached to an aromatic ring is 1. The Morgan fingerprint density at radius 2 is 1.80 bits per heavy atom. The van der Waals surface area contributed by atoms with Gasteiger partial charge in [0.25, 0.3) is 0 Å². The number of rotatable bonds is 7. The van der Waals surface area contributed by atoms with Gasteiger partial charge in [-0.15, -0.1) is 11.6 Å². The van der Waals surface area contributed by atoms with Gasteiger partial charge in [-0.1, -0.05) is 24.3 Å². The second kappa shape index (κ2) is 10.1. The van der Waals surface area contributed by atoms with E-state index < -0.39 is 0 Å². The van der Waals surface area contributed by atoms with Crippen LogP contribution in [0, 0.1) is 0 Å². The summed E-state index contributed by atoms with van der Waals surface area (Å²) in [5.74, 6) is 0.373. The van der Waals surface area contributed by atoms with Crippen LogP contribution < -0.4 is 16.3 Å². The highest BCUT2D eigenvalue weighted by molar-refractivity contribution is 6.17. The number of benzene rings is 2. The van der Waals surface area contributed by atoms with Crippen LogP contribution >= 0.6 is 11.6 Å². The fraction of sp³-hybridized carbons (Fsp3) is 0.200. The van der Waals surface area contributed by atoms with Crippen LogP contribution in [0.4, 0.5) is 11.5 Å². The third-order valence-corrected chi connectivity index (χ3v) is 5.84. The number of amides is 1. The summed E-state index contributed by atoms with van der Waals surface area (Å²) in [7, 11) is 5.55. The maximum absolute atomic E-state index is 13.7. The molecule has 0 aliphatic heterocycles. The van der Waals surface area contributed by atoms with Gasteiger partial charge in [-0.3, -0.25) is 9.36 Å². The molecule has 2 heterocycles. The number of hydrogen-bond acceptors (Lipinski definition) is 6. The molecule has 180 valence electrons. The van der Waals surface area contributed by atoms with Crippen molar-refractivity contribution < 1.29 is 4.79 Å². The minimum Gasteiger partial charge on any atom is -0.382 e. The molecule has 0 saturated carbocycles. The summed E-state index contributed by atoms with van der Waals surface area (Å²) in [4.78, 5) is 38.3. The van der Waals surface area contributed by atoms with Crippen molar-refractivity contribution in [2.75, 3.05) is 38.3 Å². The van der Waals surface area contributed by atoms with E-state index in [4.69, 9.17) is 17.3 Å². The van der Waals surface area contributed by atoms with Gasteiger partial charge >= 0.3 is 5.69 Å². The number of halogens is 1. The molecule has 10 heteroatoms. The Kier molecular flexibility index (Phi) is 6.99. The van der Waals surface area contributed by atoms with Gasteiger partial charge in [0, 0.05) is 31.2 Å². The Bertz CT molecular complexity index is 1460. The minimum absolute atomic E-state index is 0.176. The van der Waals surface area contributed by atoms with E-state index in [1.54, 1.807) is 49.5 Å². The number of carbonyl (C=O) groups excluding carboxylic acids is 1. The summed E-state index contributed by atoms with van der Waals surface area (Å²) in [5, 5.41) is 0. The van der Waals surface area contributed by atoms with Crippen molar-refractivity contribution in [3.63, 3.8) is 0 Å². The third-order valence-electron chi connectivity index (χ3n) is 5.53. The fourth-order valence-corrected chi connectivity index (χ4v) is 3.88. The maximum Gasteiger partial charge on any atom is 0.339 e. The summed E-state index contributed by atoms with van der Waals surface area (Å²) < 4.78 is 2.95. The first kappa shape index (κ1) is 24.2. The van der Waals surface area contributed by atoms with Gasteiger partial charge in [0.05, 0.1) is 11.4 Å². The Morgan fingerprint density at radius 1 is 1.06 bits per heavy atom. The van der Waals surface area contributed by atoms with Crippen molar-refractivity contribution in [3.05, 3.63) is 83.1 Å². The van der Waals surface area contributed by atoms with Gasteiger partial charge < -0.3 is 15.5 Å². The van der Waals surface area contributed by atoms with Crippen molar-refractivity contribution in [2.24, 2.45) is 0 Å². The number of anilines is 2. The number of carbonyl (C=O) groups is 1. The SMILES string of the molecule is CN(C)CC=CC(=O)N(C)c1cccc(-n2c(=O)n(-c3ccc(CCl)cc3)c3c(N)ncnc32)c1. The van der Waals surface area contributed by atoms with Crippen molar-refractivity contribution in [3.8, 4) is 11.4 Å². The number of imidazole rings is 1. The molecular weight excluding hydrogens is 466 g/mol. The topological polar surface area (TPSA) is 102 Å². The standard InChI is InChI=1S/C25H26ClN7O2/c1-30(2)13-5-8-21(34)31(3)19-6-4-7-20(14-19)33-24-22(23(27)28-16-29-24)32(25(33)35)18-11-9-17(15-26)10-12-18/h4-12,14,16H,13,15H2,1-3H3,(H2,27,28,29). The van der Waals surface area contributed by atoms with Crippen LogP contribution in [0.2, 0.25) is 0 Å². The summed E-state index contributed by atoms with van der Waals surface area (Å²) in [6.45, 7) is 0.654. The molecule has 4 aromatic rings. The molecule has 35 heavy (non-hydrogen) atoms. The van der Waals surface area contributed by atoms with Gasteiger partial charge in [0.2, 0.25) is 5.91 Å². The van der Waals surface area contributed by atoms with E-state index in [0.29, 0.717) is 40.7 Å². The molecule has 0 spiro atoms. The van der Waals surface area contributed by atoms with E-state index in [0.717, 1.165) is 5.56 Å². The van der Waals surface area contributed by atoms with Crippen LogP contribution in [0.5, 0.6) is 0 Å². The number of alkyl halides is 1. The lowest BCUT2D eigenvalue weighted by Crippen LogP contribution is -2.25. The number of aromatic nitrogens is 4. The zero-order chi connectivity index (χ0) is 25.1. The fourth-order valence-electron chi connectivity index (χ4n) is 3.70. The zero-order valence-corrected chi connectivity index (χ0v) is 20.5. The number of likely N-dealkylation sites (N-methyl/N-ethyl adjacent to an activating group) is 2. The summed E-state index contributed by atoms with van der Waals surface area (Å²) >= 11 is 5.92. The monoisotopic (exact) mass is 491 g/mol. The van der Waals surface area contributed by atoms with Crippen LogP contribution in [0.3, 0.4) is 0 Å². The number of nitrogens with zero attached hydrogens (tertiary/aromatic N) is 6. The average Bonchev–Trinajstić information content (AvgIpc) is 3.16. The first-order valence-electron chi connectivity index (χ1n) is 10.9. The van der Waals surface area contributed by atoms with Crippen LogP contribution in [-0.4, -0.2) is 57.6 Å². The van der Waals surface area contributed by atoms with Crippen molar-refractivity contribution in [1.29, 1.82) is 0 Å². The summed E-state index contributed by atoms with van der Waals surface area (Å²) in [5.41, 5.74) is 9.31. The van der Waals surface area contributed by atoms with Gasteiger partial charge in [0.1, 0.15) is 11.8 Å². The van der Waals surface area contributed by atoms with Crippen LogP contribution in [0.25, 0.3) is 22.5 Å². The van der Waals surface area contributed by atoms with E-state index in [2.05, 4.69) is 9.97 Å². The highest BCUT2D eigenvalue weighted by atomic mass is 35.5. The molecule has 0 atom stereocenters. The molecule has 0 aliphatic rings. The third kappa shape index (κ3) is 4.82. The van der Waals surface area contributed by atoms with E-state index in [1.807, 2.05) is 31.1 Å². The first-order chi connectivity index (χ1) is 16.8. The number of nitrogens with two attached hydrogens (primary N) is 1. The minimum atomic E-state index is -0.358. The molecule has 9 nitrogen and oxygen atoms in total. The van der Waals surface area contributed by atoms with E-state index in [1.165, 1.54) is 26.4 Å². The molecule has 0 fully saturated rings. The molecule has 2 aromatic carbocycles.